The number of piperidine rings is 2. The van der Waals surface area contributed by atoms with E-state index in [1.165, 1.54) is 43.9 Å². The summed E-state index contributed by atoms with van der Waals surface area (Å²) >= 11 is 0. The Labute approximate surface area is 417 Å². The van der Waals surface area contributed by atoms with Crippen LogP contribution in [-0.4, -0.2) is 156 Å². The van der Waals surface area contributed by atoms with E-state index in [9.17, 15) is 33.9 Å². The van der Waals surface area contributed by atoms with Crippen LogP contribution >= 0.6 is 0 Å². The number of likely N-dealkylation sites (tertiary alicyclic amines) is 2. The fraction of sp³-hybridized carbons (Fsp3) is 0.444. The Morgan fingerprint density at radius 2 is 1.04 bits per heavy atom. The lowest BCUT2D eigenvalue weighted by Gasteiger charge is -2.29. The van der Waals surface area contributed by atoms with Crippen LogP contribution in [0.5, 0.6) is 23.0 Å². The van der Waals surface area contributed by atoms with Crippen LogP contribution in [0.1, 0.15) is 88.4 Å². The van der Waals surface area contributed by atoms with E-state index in [1.807, 2.05) is 52.2 Å². The summed E-state index contributed by atoms with van der Waals surface area (Å²) in [4.78, 5) is 77.2. The van der Waals surface area contributed by atoms with Gasteiger partial charge in [-0.2, -0.15) is 0 Å². The maximum absolute atomic E-state index is 12.3. The summed E-state index contributed by atoms with van der Waals surface area (Å²) in [5.41, 5.74) is 4.32. The molecule has 4 atom stereocenters. The van der Waals surface area contributed by atoms with E-state index in [2.05, 4.69) is 40.2 Å². The van der Waals surface area contributed by atoms with Crippen molar-refractivity contribution in [3.05, 3.63) is 118 Å². The molecule has 2 aliphatic rings. The van der Waals surface area contributed by atoms with Crippen molar-refractivity contribution in [3.63, 3.8) is 0 Å². The lowest BCUT2D eigenvalue weighted by atomic mass is 9.85. The number of ether oxygens (including phenoxy) is 7. The zero-order valence-corrected chi connectivity index (χ0v) is 42.9. The van der Waals surface area contributed by atoms with Crippen LogP contribution in [0.2, 0.25) is 0 Å². The highest BCUT2D eigenvalue weighted by Gasteiger charge is 2.38. The number of methoxy groups -OCH3 is 4. The molecule has 17 nitrogen and oxygen atoms in total. The van der Waals surface area contributed by atoms with Crippen LogP contribution < -0.4 is 18.9 Å². The summed E-state index contributed by atoms with van der Waals surface area (Å²) in [7, 11) is 10.5. The molecular formula is C54H71N3O14. The minimum Gasteiger partial charge on any atom is -0.497 e. The first-order valence-corrected chi connectivity index (χ1v) is 23.4. The largest absolute Gasteiger partial charge is 0.497 e. The molecule has 17 heteroatoms. The first-order chi connectivity index (χ1) is 34.0. The molecule has 1 N–H and O–H groups in total. The smallest absolute Gasteiger partial charge is 0.353 e. The van der Waals surface area contributed by atoms with Gasteiger partial charge in [-0.15, -0.1) is 0 Å². The molecule has 0 aromatic heterocycles. The van der Waals surface area contributed by atoms with E-state index in [-0.39, 0.29) is 41.0 Å². The average molecular weight is 986 g/mol. The van der Waals surface area contributed by atoms with Crippen LogP contribution in [0.3, 0.4) is 0 Å². The molecule has 2 fully saturated rings. The SMILES string of the molecule is CCN(CC)CC.COc1cc(C)c([C@H]2CCN(C)CC2=O)c(OC)c1.COc1cc(C)c([C@H]2CCN(C)CC2=O)c(OC)c1.O=CO[C@@H](OC(=O)c1ccccc1)[C@H](OC(=O)c1ccccc1)C(=O)O. The molecule has 6 rings (SSSR count). The van der Waals surface area contributed by atoms with Crippen molar-refractivity contribution in [2.45, 2.75) is 71.7 Å². The third-order valence-corrected chi connectivity index (χ3v) is 12.0. The molecule has 2 aliphatic heterocycles. The van der Waals surface area contributed by atoms with Crippen molar-refractivity contribution in [3.8, 4) is 23.0 Å². The summed E-state index contributed by atoms with van der Waals surface area (Å²) in [6.07, 6.45) is -2.30. The second-order valence-electron chi connectivity index (χ2n) is 16.7. The maximum atomic E-state index is 12.3. The van der Waals surface area contributed by atoms with Crippen LogP contribution in [-0.2, 0) is 33.4 Å². The predicted octanol–water partition coefficient (Wildman–Crippen LogP) is 7.00. The first kappa shape index (κ1) is 58.5. The van der Waals surface area contributed by atoms with E-state index in [1.54, 1.807) is 64.8 Å². The molecule has 0 unspecified atom stereocenters. The number of rotatable bonds is 17. The number of carbonyl (C=O) groups is 6. The van der Waals surface area contributed by atoms with Crippen LogP contribution in [0.25, 0.3) is 0 Å². The van der Waals surface area contributed by atoms with Gasteiger partial charge in [-0.25, -0.2) is 14.4 Å². The highest BCUT2D eigenvalue weighted by Crippen LogP contribution is 2.39. The van der Waals surface area contributed by atoms with Gasteiger partial charge in [0, 0.05) is 35.1 Å². The Morgan fingerprint density at radius 1 is 0.648 bits per heavy atom. The fourth-order valence-corrected chi connectivity index (χ4v) is 8.09. The van der Waals surface area contributed by atoms with Gasteiger partial charge >= 0.3 is 17.9 Å². The topological polar surface area (TPSA) is 197 Å². The van der Waals surface area contributed by atoms with Gasteiger partial charge in [0.05, 0.1) is 52.7 Å². The monoisotopic (exact) mass is 985 g/mol. The van der Waals surface area contributed by atoms with Crippen LogP contribution in [0.15, 0.2) is 84.9 Å². The summed E-state index contributed by atoms with van der Waals surface area (Å²) in [6.45, 7) is 16.9. The molecule has 4 aromatic rings. The lowest BCUT2D eigenvalue weighted by Crippen LogP contribution is -2.42. The van der Waals surface area contributed by atoms with Gasteiger partial charge in [0.25, 0.3) is 18.9 Å². The number of aryl methyl sites for hydroxylation is 2. The molecule has 0 aliphatic carbocycles. The number of aliphatic carboxylic acids is 1. The number of carboxylic acids is 1. The molecule has 0 bridgehead atoms. The molecule has 2 heterocycles. The number of ketones is 2. The second-order valence-corrected chi connectivity index (χ2v) is 16.7. The normalized spacial score (nSPS) is 16.5. The predicted molar refractivity (Wildman–Crippen MR) is 268 cm³/mol. The van der Waals surface area contributed by atoms with E-state index in [0.717, 1.165) is 71.2 Å². The van der Waals surface area contributed by atoms with Gasteiger partial charge in [0.15, 0.2) is 11.6 Å². The Balaban J connectivity index is 0.000000267. The van der Waals surface area contributed by atoms with Crippen molar-refractivity contribution < 1.29 is 67.0 Å². The number of carbonyl (C=O) groups excluding carboxylic acids is 5. The molecule has 4 aromatic carbocycles. The van der Waals surface area contributed by atoms with Crippen molar-refractivity contribution in [1.29, 1.82) is 0 Å². The zero-order valence-electron chi connectivity index (χ0n) is 42.9. The fourth-order valence-electron chi connectivity index (χ4n) is 8.09. The van der Waals surface area contributed by atoms with E-state index >= 15 is 0 Å². The number of esters is 2. The number of likely N-dealkylation sites (N-methyl/N-ethyl adjacent to an activating group) is 2. The van der Waals surface area contributed by atoms with Crippen molar-refractivity contribution >= 4 is 35.9 Å². The zero-order chi connectivity index (χ0) is 52.6. The van der Waals surface area contributed by atoms with E-state index < -0.39 is 30.3 Å². The molecule has 0 saturated carbocycles. The Hall–Kier alpha value is -6.82. The quantitative estimate of drug-likeness (QED) is 0.0644. The van der Waals surface area contributed by atoms with Crippen LogP contribution in [0, 0.1) is 13.8 Å². The van der Waals surface area contributed by atoms with Crippen molar-refractivity contribution in [2.75, 3.05) is 88.3 Å². The summed E-state index contributed by atoms with van der Waals surface area (Å²) in [5, 5.41) is 9.29. The summed E-state index contributed by atoms with van der Waals surface area (Å²) in [5.74, 6) is -0.138. The third kappa shape index (κ3) is 17.5. The summed E-state index contributed by atoms with van der Waals surface area (Å²) < 4.78 is 35.7. The number of benzene rings is 4. The van der Waals surface area contributed by atoms with Gasteiger partial charge in [0.1, 0.15) is 23.0 Å². The van der Waals surface area contributed by atoms with E-state index in [4.69, 9.17) is 28.4 Å². The molecule has 0 amide bonds. The van der Waals surface area contributed by atoms with Gasteiger partial charge in [0.2, 0.25) is 0 Å². The van der Waals surface area contributed by atoms with Gasteiger partial charge < -0.3 is 43.2 Å². The highest BCUT2D eigenvalue weighted by molar-refractivity contribution is 5.92. The number of hydrogen-bond acceptors (Lipinski definition) is 16. The highest BCUT2D eigenvalue weighted by atomic mass is 16.7. The molecule has 0 radical (unpaired) electrons. The number of carboxylic acid groups (broad SMARTS) is 1. The minimum absolute atomic E-state index is 0.0583. The number of hydrogen-bond donors (Lipinski definition) is 1. The summed E-state index contributed by atoms with van der Waals surface area (Å²) in [6, 6.07) is 22.9. The van der Waals surface area contributed by atoms with Crippen LogP contribution in [0.4, 0.5) is 0 Å². The molecule has 2 saturated heterocycles. The third-order valence-electron chi connectivity index (χ3n) is 12.0. The lowest BCUT2D eigenvalue weighted by molar-refractivity contribution is -0.187. The van der Waals surface area contributed by atoms with Crippen molar-refractivity contribution in [2.24, 2.45) is 0 Å². The van der Waals surface area contributed by atoms with E-state index in [0.29, 0.717) is 13.1 Å². The molecule has 386 valence electrons. The minimum atomic E-state index is -2.04. The van der Waals surface area contributed by atoms with Crippen molar-refractivity contribution in [1.82, 2.24) is 14.7 Å². The van der Waals surface area contributed by atoms with Gasteiger partial charge in [-0.05, 0) is 121 Å². The first-order valence-electron chi connectivity index (χ1n) is 23.4. The number of Topliss-reactive ketones (excluding diaryl/α,β-unsaturated/α-hetero) is 2. The molecule has 71 heavy (non-hydrogen) atoms. The maximum Gasteiger partial charge on any atom is 0.353 e. The molecule has 0 spiro atoms. The second kappa shape index (κ2) is 30.0. The Bertz CT molecular complexity index is 2250. The standard InChI is InChI=1S/C18H14O8.2C15H21NO3.C6H15N/c19-11-24-18(26-17(23)13-9-5-2-6-10-13)14(15(20)21)25-16(22)12-7-3-1-4-8-12;2*1-10-7-11(18-3)8-14(19-4)15(10)12-5-6-16(2)9-13(12)17;1-4-7(5-2)6-3/h1-11,14,18H,(H,20,21);2*7-8,12H,5-6,9H2,1-4H3;4-6H2,1-3H3/t14-,18+;2*12-;/m100./s1. The number of nitrogens with zero attached hydrogens (tertiary/aromatic N) is 3. The Morgan fingerprint density at radius 3 is 1.35 bits per heavy atom. The average Bonchev–Trinajstić information content (AvgIpc) is 3.37. The molecular weight excluding hydrogens is 915 g/mol. The van der Waals surface area contributed by atoms with Gasteiger partial charge in [-0.1, -0.05) is 57.2 Å². The van der Waals surface area contributed by atoms with Gasteiger partial charge in [-0.3, -0.25) is 24.2 Å². The Kier molecular flexibility index (Phi) is 24.7.